The molecule has 0 aromatic heterocycles. The van der Waals surface area contributed by atoms with Crippen LogP contribution in [0.1, 0.15) is 64.0 Å². The number of allylic oxidation sites excluding steroid dienone is 2. The first-order chi connectivity index (χ1) is 17.8. The minimum atomic E-state index is -1.60. The number of phenols is 1. The Balaban J connectivity index is 0.000000655. The smallest absolute Gasteiger partial charge is 0.162 e. The van der Waals surface area contributed by atoms with E-state index in [2.05, 4.69) is 58.4 Å². The van der Waals surface area contributed by atoms with Crippen molar-refractivity contribution in [3.05, 3.63) is 97.8 Å². The quantitative estimate of drug-likeness (QED) is 0.143. The third kappa shape index (κ3) is 9.06. The van der Waals surface area contributed by atoms with E-state index in [1.165, 1.54) is 32.1 Å². The Bertz CT molecular complexity index is 1170. The predicted molar refractivity (Wildman–Crippen MR) is 168 cm³/mol. The molecule has 1 aliphatic rings. The molecule has 3 aromatic carbocycles. The number of hydrogen-bond acceptors (Lipinski definition) is 3. The zero-order valence-electron chi connectivity index (χ0n) is 24.6. The molecule has 0 spiro atoms. The number of rotatable bonds is 5. The number of para-hydroxylation sites is 2. The molecule has 1 unspecified atom stereocenters. The molecule has 3 nitrogen and oxygen atoms in total. The molecule has 0 fully saturated rings. The molecule has 0 saturated carbocycles. The molecule has 0 heterocycles. The minimum Gasteiger partial charge on any atom is -0.504 e. The normalized spacial score (nSPS) is 14.6. The Kier molecular flexibility index (Phi) is 14.8. The van der Waals surface area contributed by atoms with Crippen LogP contribution < -0.4 is 25.4 Å². The zero-order chi connectivity index (χ0) is 26.8. The molecule has 4 rings (SSSR count). The molecule has 0 saturated heterocycles. The van der Waals surface area contributed by atoms with E-state index in [9.17, 15) is 5.11 Å². The predicted octanol–water partition coefficient (Wildman–Crippen LogP) is 7.66. The fourth-order valence-corrected chi connectivity index (χ4v) is 7.79. The van der Waals surface area contributed by atoms with E-state index >= 15 is 0 Å². The van der Waals surface area contributed by atoms with E-state index in [4.69, 9.17) is 9.47 Å². The second-order valence-electron chi connectivity index (χ2n) is 10.4. The second-order valence-corrected chi connectivity index (χ2v) is 12.8. The summed E-state index contributed by atoms with van der Waals surface area (Å²) < 4.78 is 11.5. The van der Waals surface area contributed by atoms with Crippen LogP contribution in [0.4, 0.5) is 0 Å². The molecular weight excluding hydrogens is 546 g/mol. The molecule has 214 valence electrons. The number of phenolic OH excluding ortho intramolecular Hbond substituents is 1. The topological polar surface area (TPSA) is 38.7 Å². The molecular formula is C34H46NiO3P+. The van der Waals surface area contributed by atoms with E-state index in [-0.39, 0.29) is 29.3 Å². The van der Waals surface area contributed by atoms with E-state index < -0.39 is 7.92 Å². The van der Waals surface area contributed by atoms with Crippen LogP contribution in [0.2, 0.25) is 0 Å². The van der Waals surface area contributed by atoms with E-state index in [0.29, 0.717) is 5.75 Å². The Morgan fingerprint density at radius 1 is 0.795 bits per heavy atom. The van der Waals surface area contributed by atoms with Crippen LogP contribution >= 0.6 is 7.92 Å². The maximum Gasteiger partial charge on any atom is 0.162 e. The summed E-state index contributed by atoms with van der Waals surface area (Å²) in [7, 11) is 1.79. The van der Waals surface area contributed by atoms with Gasteiger partial charge in [-0.3, -0.25) is 0 Å². The van der Waals surface area contributed by atoms with Gasteiger partial charge in [-0.05, 0) is 48.6 Å². The molecule has 1 N–H and O–H groups in total. The van der Waals surface area contributed by atoms with Crippen LogP contribution in [0.25, 0.3) is 0 Å². The molecule has 39 heavy (non-hydrogen) atoms. The Morgan fingerprint density at radius 3 is 2.10 bits per heavy atom. The van der Waals surface area contributed by atoms with Crippen molar-refractivity contribution in [3.8, 4) is 17.2 Å². The van der Waals surface area contributed by atoms with Crippen molar-refractivity contribution in [2.75, 3.05) is 14.2 Å². The summed E-state index contributed by atoms with van der Waals surface area (Å²) in [6.45, 7) is 8.46. The number of methoxy groups -OCH3 is 2. The van der Waals surface area contributed by atoms with Crippen molar-refractivity contribution in [2.24, 2.45) is 0 Å². The van der Waals surface area contributed by atoms with Gasteiger partial charge < -0.3 is 21.0 Å². The second kappa shape index (κ2) is 16.6. The van der Waals surface area contributed by atoms with Crippen LogP contribution in [-0.2, 0) is 21.9 Å². The van der Waals surface area contributed by atoms with Crippen LogP contribution in [0.5, 0.6) is 17.2 Å². The minimum absolute atomic E-state index is 0. The summed E-state index contributed by atoms with van der Waals surface area (Å²) in [5.74, 6) is 2.03. The first-order valence-corrected chi connectivity index (χ1v) is 14.7. The summed E-state index contributed by atoms with van der Waals surface area (Å²) in [6, 6.07) is 20.3. The first-order valence-electron chi connectivity index (χ1n) is 13.2. The number of aryl methyl sites for hydroxylation is 1. The van der Waals surface area contributed by atoms with Crippen molar-refractivity contribution in [3.63, 3.8) is 0 Å². The van der Waals surface area contributed by atoms with Gasteiger partial charge >= 0.3 is 0 Å². The third-order valence-electron chi connectivity index (χ3n) is 6.68. The van der Waals surface area contributed by atoms with Gasteiger partial charge in [0.2, 0.25) is 0 Å². The fraction of sp³-hybridized carbons (Fsp3) is 0.353. The van der Waals surface area contributed by atoms with Gasteiger partial charge in [0, 0.05) is 29.5 Å². The Labute approximate surface area is 248 Å². The average Bonchev–Trinajstić information content (AvgIpc) is 2.85. The molecule has 1 atom stereocenters. The van der Waals surface area contributed by atoms with Crippen LogP contribution in [0.15, 0.2) is 72.8 Å². The van der Waals surface area contributed by atoms with Gasteiger partial charge in [-0.15, -0.1) is 0 Å². The van der Waals surface area contributed by atoms with Gasteiger partial charge in [0.05, 0.1) is 14.2 Å². The fourth-order valence-electron chi connectivity index (χ4n) is 4.72. The van der Waals surface area contributed by atoms with Crippen molar-refractivity contribution in [2.45, 2.75) is 65.2 Å². The Morgan fingerprint density at radius 2 is 1.41 bits per heavy atom. The van der Waals surface area contributed by atoms with Gasteiger partial charge in [-0.2, -0.15) is 12.8 Å². The van der Waals surface area contributed by atoms with E-state index in [1.807, 2.05) is 48.5 Å². The number of benzene rings is 3. The standard InChI is InChI=1S/C25H29O3P.C8H13.CH3.Ni/c1-17-11-9-14-20(28-6)24(17)29(21-15-8-7-13-19(21)27-5)22-16-10-12-18(23(22)26)25(2,3)4;1-2-4-6-8-7-5-3-1;;/h7-16,26H,1-6H3;1-2,7H,3-6,8H2;1H3;/q;-1;+1;/p+1/b;2-1-;;. The SMILES string of the molecule is C1=C\CCC[CH-]CC/1.COc1ccccc1[PH+](c1cccc(C(C)(C)C)c1O)c1c(C)cccc1OC.[CH3+].[Ni]. The summed E-state index contributed by atoms with van der Waals surface area (Å²) in [5.41, 5.74) is 1.92. The average molecular weight is 592 g/mol. The number of hydrogen-bond donors (Lipinski definition) is 1. The largest absolute Gasteiger partial charge is 0.504 e. The van der Waals surface area contributed by atoms with Gasteiger partial charge in [-0.25, -0.2) is 0 Å². The van der Waals surface area contributed by atoms with Crippen molar-refractivity contribution >= 4 is 23.8 Å². The van der Waals surface area contributed by atoms with Gasteiger partial charge in [-0.1, -0.05) is 82.2 Å². The third-order valence-corrected chi connectivity index (χ3v) is 9.71. The molecule has 0 bridgehead atoms. The van der Waals surface area contributed by atoms with Crippen molar-refractivity contribution < 1.29 is 31.1 Å². The molecule has 0 radical (unpaired) electrons. The monoisotopic (exact) mass is 591 g/mol. The summed E-state index contributed by atoms with van der Waals surface area (Å²) in [4.78, 5) is 0. The summed E-state index contributed by atoms with van der Waals surface area (Å²) in [6.07, 6.45) is 13.5. The maximum atomic E-state index is 11.4. The Hall–Kier alpha value is -2.41. The van der Waals surface area contributed by atoms with Gasteiger partial charge in [0.1, 0.15) is 23.8 Å². The van der Waals surface area contributed by atoms with Crippen LogP contribution in [0.3, 0.4) is 0 Å². The van der Waals surface area contributed by atoms with Crippen molar-refractivity contribution in [1.29, 1.82) is 0 Å². The summed E-state index contributed by atoms with van der Waals surface area (Å²) >= 11 is 0. The van der Waals surface area contributed by atoms with Crippen LogP contribution in [0, 0.1) is 20.8 Å². The molecule has 0 amide bonds. The molecule has 5 heteroatoms. The van der Waals surface area contributed by atoms with Crippen LogP contribution in [-0.4, -0.2) is 19.3 Å². The molecule has 3 aromatic rings. The maximum absolute atomic E-state index is 11.4. The van der Waals surface area contributed by atoms with E-state index in [0.717, 1.165) is 38.5 Å². The van der Waals surface area contributed by atoms with E-state index in [1.54, 1.807) is 14.2 Å². The van der Waals surface area contributed by atoms with Gasteiger partial charge in [0.25, 0.3) is 0 Å². The van der Waals surface area contributed by atoms with Gasteiger partial charge in [0.15, 0.2) is 17.2 Å². The van der Waals surface area contributed by atoms with Crippen molar-refractivity contribution in [1.82, 2.24) is 0 Å². The molecule has 1 aliphatic carbocycles. The number of ether oxygens (including phenoxy) is 2. The number of aromatic hydroxyl groups is 1. The zero-order valence-corrected chi connectivity index (χ0v) is 26.6. The summed E-state index contributed by atoms with van der Waals surface area (Å²) in [5, 5.41) is 14.5. The molecule has 0 aliphatic heterocycles. The first kappa shape index (κ1) is 34.6.